The molecule has 2 aromatic heterocycles. The normalized spacial score (nSPS) is 11.1. The first-order valence-corrected chi connectivity index (χ1v) is 6.67. The van der Waals surface area contributed by atoms with Crippen LogP contribution in [0.5, 0.6) is 0 Å². The summed E-state index contributed by atoms with van der Waals surface area (Å²) < 4.78 is 27.8. The maximum absolute atomic E-state index is 13.1. The van der Waals surface area contributed by atoms with Crippen LogP contribution in [0.1, 0.15) is 11.4 Å². The Labute approximate surface area is 120 Å². The Kier molecular flexibility index (Phi) is 3.87. The predicted molar refractivity (Wildman–Crippen MR) is 74.8 cm³/mol. The SMILES string of the molecule is Fc1ccc(CNCCc2nnc3ccccn23)cc1F. The van der Waals surface area contributed by atoms with Crippen LogP contribution in [0.2, 0.25) is 0 Å². The van der Waals surface area contributed by atoms with Crippen molar-refractivity contribution in [3.05, 3.63) is 65.6 Å². The molecule has 1 aromatic carbocycles. The molecule has 0 bridgehead atoms. The molecule has 21 heavy (non-hydrogen) atoms. The van der Waals surface area contributed by atoms with E-state index in [1.54, 1.807) is 6.07 Å². The van der Waals surface area contributed by atoms with E-state index in [0.717, 1.165) is 17.5 Å². The molecule has 0 amide bonds. The van der Waals surface area contributed by atoms with Crippen molar-refractivity contribution >= 4 is 5.65 Å². The van der Waals surface area contributed by atoms with E-state index in [4.69, 9.17) is 0 Å². The van der Waals surface area contributed by atoms with E-state index >= 15 is 0 Å². The minimum Gasteiger partial charge on any atom is -0.312 e. The van der Waals surface area contributed by atoms with Crippen LogP contribution in [0.25, 0.3) is 5.65 Å². The van der Waals surface area contributed by atoms with Gasteiger partial charge in [0.1, 0.15) is 5.82 Å². The number of halogens is 2. The molecule has 0 saturated carbocycles. The van der Waals surface area contributed by atoms with Crippen LogP contribution in [0.15, 0.2) is 42.6 Å². The summed E-state index contributed by atoms with van der Waals surface area (Å²) in [7, 11) is 0. The van der Waals surface area contributed by atoms with Crippen LogP contribution < -0.4 is 5.32 Å². The molecule has 0 fully saturated rings. The third-order valence-corrected chi connectivity index (χ3v) is 3.22. The Morgan fingerprint density at radius 3 is 2.81 bits per heavy atom. The molecule has 0 spiro atoms. The van der Waals surface area contributed by atoms with Gasteiger partial charge in [-0.3, -0.25) is 4.40 Å². The molecule has 0 radical (unpaired) electrons. The van der Waals surface area contributed by atoms with Gasteiger partial charge in [-0.1, -0.05) is 12.1 Å². The number of fused-ring (bicyclic) bond motifs is 1. The van der Waals surface area contributed by atoms with Gasteiger partial charge in [0.2, 0.25) is 0 Å². The van der Waals surface area contributed by atoms with Gasteiger partial charge in [-0.15, -0.1) is 10.2 Å². The molecule has 108 valence electrons. The largest absolute Gasteiger partial charge is 0.312 e. The molecular formula is C15H14F2N4. The zero-order chi connectivity index (χ0) is 14.7. The molecule has 3 rings (SSSR count). The topological polar surface area (TPSA) is 42.2 Å². The second-order valence-electron chi connectivity index (χ2n) is 4.72. The first-order valence-electron chi connectivity index (χ1n) is 6.67. The Balaban J connectivity index is 1.55. The number of hydrogen-bond donors (Lipinski definition) is 1. The van der Waals surface area contributed by atoms with Crippen molar-refractivity contribution in [2.45, 2.75) is 13.0 Å². The molecule has 0 atom stereocenters. The summed E-state index contributed by atoms with van der Waals surface area (Å²) in [5.41, 5.74) is 1.52. The molecule has 2 heterocycles. The molecule has 0 unspecified atom stereocenters. The third-order valence-electron chi connectivity index (χ3n) is 3.22. The summed E-state index contributed by atoms with van der Waals surface area (Å²) in [4.78, 5) is 0. The summed E-state index contributed by atoms with van der Waals surface area (Å²) in [5.74, 6) is -0.783. The highest BCUT2D eigenvalue weighted by Crippen LogP contribution is 2.08. The first kappa shape index (κ1) is 13.6. The predicted octanol–water partition coefficient (Wildman–Crippen LogP) is 2.34. The highest BCUT2D eigenvalue weighted by atomic mass is 19.2. The fourth-order valence-corrected chi connectivity index (χ4v) is 2.14. The molecule has 0 aliphatic rings. The molecule has 6 heteroatoms. The minimum absolute atomic E-state index is 0.480. The zero-order valence-corrected chi connectivity index (χ0v) is 11.3. The summed E-state index contributed by atoms with van der Waals surface area (Å²) in [6, 6.07) is 9.64. The third kappa shape index (κ3) is 3.05. The van der Waals surface area contributed by atoms with E-state index in [9.17, 15) is 8.78 Å². The smallest absolute Gasteiger partial charge is 0.160 e. The Morgan fingerprint density at radius 2 is 1.95 bits per heavy atom. The lowest BCUT2D eigenvalue weighted by molar-refractivity contribution is 0.506. The molecule has 3 aromatic rings. The van der Waals surface area contributed by atoms with Gasteiger partial charge in [-0.2, -0.15) is 0 Å². The maximum Gasteiger partial charge on any atom is 0.160 e. The lowest BCUT2D eigenvalue weighted by Gasteiger charge is -2.05. The van der Waals surface area contributed by atoms with Gasteiger partial charge >= 0.3 is 0 Å². The van der Waals surface area contributed by atoms with Crippen molar-refractivity contribution in [3.63, 3.8) is 0 Å². The van der Waals surface area contributed by atoms with E-state index in [1.165, 1.54) is 6.07 Å². The Bertz CT molecular complexity index is 754. The number of nitrogens with zero attached hydrogens (tertiary/aromatic N) is 3. The average Bonchev–Trinajstić information content (AvgIpc) is 2.91. The van der Waals surface area contributed by atoms with Gasteiger partial charge in [-0.05, 0) is 29.8 Å². The second-order valence-corrected chi connectivity index (χ2v) is 4.72. The summed E-state index contributed by atoms with van der Waals surface area (Å²) in [6.45, 7) is 1.16. The molecular weight excluding hydrogens is 274 g/mol. The quantitative estimate of drug-likeness (QED) is 0.733. The number of aromatic nitrogens is 3. The molecule has 0 saturated heterocycles. The highest BCUT2D eigenvalue weighted by Gasteiger charge is 2.05. The highest BCUT2D eigenvalue weighted by molar-refractivity contribution is 5.37. The van der Waals surface area contributed by atoms with E-state index in [1.807, 2.05) is 28.8 Å². The number of pyridine rings is 1. The number of nitrogens with one attached hydrogen (secondary N) is 1. The van der Waals surface area contributed by atoms with Gasteiger partial charge in [-0.25, -0.2) is 8.78 Å². The summed E-state index contributed by atoms with van der Waals surface area (Å²) in [5, 5.41) is 11.4. The first-order chi connectivity index (χ1) is 10.2. The maximum atomic E-state index is 13.1. The van der Waals surface area contributed by atoms with Crippen LogP contribution in [-0.2, 0) is 13.0 Å². The fraction of sp³-hybridized carbons (Fsp3) is 0.200. The number of hydrogen-bond acceptors (Lipinski definition) is 3. The molecule has 0 aliphatic heterocycles. The van der Waals surface area contributed by atoms with Crippen LogP contribution in [-0.4, -0.2) is 21.1 Å². The van der Waals surface area contributed by atoms with Gasteiger partial charge in [0.05, 0.1) is 0 Å². The zero-order valence-electron chi connectivity index (χ0n) is 11.3. The summed E-state index contributed by atoms with van der Waals surface area (Å²) >= 11 is 0. The van der Waals surface area contributed by atoms with Gasteiger partial charge in [0.25, 0.3) is 0 Å². The number of rotatable bonds is 5. The Morgan fingerprint density at radius 1 is 1.05 bits per heavy atom. The average molecular weight is 288 g/mol. The van der Waals surface area contributed by atoms with Crippen LogP contribution in [0, 0.1) is 11.6 Å². The lowest BCUT2D eigenvalue weighted by atomic mass is 10.2. The Hall–Kier alpha value is -2.34. The van der Waals surface area contributed by atoms with Gasteiger partial charge in [0, 0.05) is 25.7 Å². The molecule has 4 nitrogen and oxygen atoms in total. The van der Waals surface area contributed by atoms with Crippen LogP contribution >= 0.6 is 0 Å². The van der Waals surface area contributed by atoms with Crippen LogP contribution in [0.3, 0.4) is 0 Å². The summed E-state index contributed by atoms with van der Waals surface area (Å²) in [6.07, 6.45) is 2.62. The van der Waals surface area contributed by atoms with Crippen molar-refractivity contribution in [3.8, 4) is 0 Å². The monoisotopic (exact) mass is 288 g/mol. The van der Waals surface area contributed by atoms with Crippen molar-refractivity contribution in [2.24, 2.45) is 0 Å². The molecule has 0 aliphatic carbocycles. The number of benzene rings is 1. The fourth-order valence-electron chi connectivity index (χ4n) is 2.14. The standard InChI is InChI=1S/C15H14F2N4/c16-12-5-4-11(9-13(12)17)10-18-7-6-15-20-19-14-3-1-2-8-21(14)15/h1-5,8-9,18H,6-7,10H2. The van der Waals surface area contributed by atoms with Gasteiger partial charge < -0.3 is 5.32 Å². The van der Waals surface area contributed by atoms with Crippen molar-refractivity contribution in [2.75, 3.05) is 6.54 Å². The van der Waals surface area contributed by atoms with Crippen molar-refractivity contribution < 1.29 is 8.78 Å². The van der Waals surface area contributed by atoms with E-state index in [0.29, 0.717) is 25.1 Å². The van der Waals surface area contributed by atoms with Crippen molar-refractivity contribution in [1.29, 1.82) is 0 Å². The van der Waals surface area contributed by atoms with E-state index in [2.05, 4.69) is 15.5 Å². The van der Waals surface area contributed by atoms with E-state index < -0.39 is 11.6 Å². The van der Waals surface area contributed by atoms with Crippen molar-refractivity contribution in [1.82, 2.24) is 19.9 Å². The lowest BCUT2D eigenvalue weighted by Crippen LogP contribution is -2.18. The van der Waals surface area contributed by atoms with Gasteiger partial charge in [0.15, 0.2) is 17.3 Å². The molecule has 1 N–H and O–H groups in total. The minimum atomic E-state index is -0.825. The van der Waals surface area contributed by atoms with E-state index in [-0.39, 0.29) is 0 Å². The van der Waals surface area contributed by atoms with Crippen LogP contribution in [0.4, 0.5) is 8.78 Å². The second kappa shape index (κ2) is 5.97.